The maximum atomic E-state index is 5.25. The molecule has 111 heavy (non-hydrogen) atoms. The number of hydrogen-bond donors (Lipinski definition) is 0. The molecular weight excluding hydrogens is 1350 g/mol. The van der Waals surface area contributed by atoms with Crippen molar-refractivity contribution in [3.05, 3.63) is 411 Å². The number of para-hydroxylation sites is 2. The molecule has 22 aromatic rings. The fraction of sp³-hybridized carbons (Fsp3) is 0.00952. The van der Waals surface area contributed by atoms with Crippen LogP contribution in [0, 0.1) is 0 Å². The molecule has 0 amide bonds. The fourth-order valence-corrected chi connectivity index (χ4v) is 18.7. The Hall–Kier alpha value is -14.7. The predicted molar refractivity (Wildman–Crippen MR) is 461 cm³/mol. The van der Waals surface area contributed by atoms with Gasteiger partial charge in [0.25, 0.3) is 0 Å². The van der Waals surface area contributed by atoms with Gasteiger partial charge in [-0.15, -0.1) is 0 Å². The molecule has 2 aliphatic rings. The molecule has 0 unspecified atom stereocenters. The molecular formula is C105H64N6. The standard InChI is InChI=1S/C59H35N3.C46H29N3/c1-3-19-47-40(13-1)41-14-2-4-20-48(41)58-57(47)60-35-54(61-58)37-27-25-36(26-28-37)38-29-32-56-49(33-38)46-18-8-12-24-55(46)62(56)39-30-31-45-44-17-7-11-23-52(44)59(53(45)34-39)50-21-9-5-15-42(50)43-16-6-10-22-51(43)59;1-2-10-30(11-3-1)31-22-25-35(26-23-31)49-43-17-9-8-14-38(43)41-28-34(24-27-44(41)49)32-18-20-33(21-19-32)42-29-47-45-39-15-6-4-12-36(39)37-13-5-7-16-40(37)46(45)48-42/h1-35H;1-29H. The average Bonchev–Trinajstić information content (AvgIpc) is 1.51. The summed E-state index contributed by atoms with van der Waals surface area (Å²) in [7, 11) is 0. The van der Waals surface area contributed by atoms with Crippen LogP contribution in [0.4, 0.5) is 0 Å². The molecule has 1 spiro atoms. The molecule has 4 aromatic heterocycles. The predicted octanol–water partition coefficient (Wildman–Crippen LogP) is 26.7. The second kappa shape index (κ2) is 24.7. The zero-order chi connectivity index (χ0) is 72.8. The van der Waals surface area contributed by atoms with E-state index in [0.29, 0.717) is 0 Å². The van der Waals surface area contributed by atoms with Crippen LogP contribution in [0.15, 0.2) is 389 Å². The Kier molecular flexibility index (Phi) is 13.9. The first-order valence-corrected chi connectivity index (χ1v) is 38.1. The molecule has 0 saturated carbocycles. The van der Waals surface area contributed by atoms with E-state index in [1.54, 1.807) is 0 Å². The molecule has 6 heteroatoms. The maximum Gasteiger partial charge on any atom is 0.0979 e. The Bertz CT molecular complexity index is 7490. The van der Waals surface area contributed by atoms with Crippen LogP contribution in [0.25, 0.3) is 198 Å². The lowest BCUT2D eigenvalue weighted by molar-refractivity contribution is 0.792. The van der Waals surface area contributed by atoms with E-state index in [1.165, 1.54) is 143 Å². The first kappa shape index (κ1) is 62.5. The minimum absolute atomic E-state index is 0.395. The third-order valence-corrected chi connectivity index (χ3v) is 23.7. The molecule has 0 aliphatic heterocycles. The van der Waals surface area contributed by atoms with Gasteiger partial charge >= 0.3 is 0 Å². The average molecular weight is 1410 g/mol. The van der Waals surface area contributed by atoms with Gasteiger partial charge in [0.2, 0.25) is 0 Å². The first-order chi connectivity index (χ1) is 55.1. The van der Waals surface area contributed by atoms with Crippen LogP contribution in [0.5, 0.6) is 0 Å². The van der Waals surface area contributed by atoms with Crippen molar-refractivity contribution >= 4 is 109 Å². The van der Waals surface area contributed by atoms with Crippen LogP contribution in [-0.4, -0.2) is 29.1 Å². The van der Waals surface area contributed by atoms with Gasteiger partial charge in [-0.05, 0) is 160 Å². The largest absolute Gasteiger partial charge is 0.309 e. The number of hydrogen-bond acceptors (Lipinski definition) is 4. The Morgan fingerprint density at radius 3 is 0.946 bits per heavy atom. The lowest BCUT2D eigenvalue weighted by Crippen LogP contribution is -2.26. The monoisotopic (exact) mass is 1410 g/mol. The smallest absolute Gasteiger partial charge is 0.0979 e. The Labute approximate surface area is 639 Å². The highest BCUT2D eigenvalue weighted by Gasteiger charge is 2.51. The van der Waals surface area contributed by atoms with Crippen molar-refractivity contribution in [2.45, 2.75) is 5.41 Å². The van der Waals surface area contributed by atoms with E-state index in [2.05, 4.69) is 385 Å². The van der Waals surface area contributed by atoms with Crippen molar-refractivity contribution < 1.29 is 0 Å². The van der Waals surface area contributed by atoms with Crippen molar-refractivity contribution in [2.75, 3.05) is 0 Å². The van der Waals surface area contributed by atoms with Crippen LogP contribution in [-0.2, 0) is 5.41 Å². The highest BCUT2D eigenvalue weighted by molar-refractivity contribution is 6.25. The molecule has 2 aliphatic carbocycles. The zero-order valence-electron chi connectivity index (χ0n) is 60.1. The van der Waals surface area contributed by atoms with Crippen molar-refractivity contribution in [3.8, 4) is 89.5 Å². The van der Waals surface area contributed by atoms with Crippen molar-refractivity contribution in [1.82, 2.24) is 29.1 Å². The van der Waals surface area contributed by atoms with Crippen molar-refractivity contribution in [2.24, 2.45) is 0 Å². The summed E-state index contributed by atoms with van der Waals surface area (Å²) < 4.78 is 4.84. The minimum atomic E-state index is -0.395. The molecule has 0 fully saturated rings. The highest BCUT2D eigenvalue weighted by Crippen LogP contribution is 2.63. The zero-order valence-corrected chi connectivity index (χ0v) is 60.1. The van der Waals surface area contributed by atoms with Gasteiger partial charge < -0.3 is 9.13 Å². The van der Waals surface area contributed by atoms with Crippen molar-refractivity contribution in [3.63, 3.8) is 0 Å². The summed E-state index contributed by atoms with van der Waals surface area (Å²) in [5.41, 5.74) is 32.1. The minimum Gasteiger partial charge on any atom is -0.309 e. The number of benzene rings is 18. The van der Waals surface area contributed by atoms with Crippen LogP contribution < -0.4 is 0 Å². The van der Waals surface area contributed by atoms with Gasteiger partial charge in [-0.3, -0.25) is 9.97 Å². The van der Waals surface area contributed by atoms with Gasteiger partial charge in [0, 0.05) is 65.6 Å². The molecule has 6 nitrogen and oxygen atoms in total. The molecule has 18 aromatic carbocycles. The summed E-state index contributed by atoms with van der Waals surface area (Å²) in [6.07, 6.45) is 3.83. The van der Waals surface area contributed by atoms with Gasteiger partial charge in [-0.2, -0.15) is 0 Å². The topological polar surface area (TPSA) is 61.4 Å². The van der Waals surface area contributed by atoms with Crippen LogP contribution in [0.3, 0.4) is 0 Å². The quantitative estimate of drug-likeness (QED) is 0.149. The fourth-order valence-electron chi connectivity index (χ4n) is 18.7. The highest BCUT2D eigenvalue weighted by atomic mass is 15.0. The molecule has 514 valence electrons. The molecule has 0 radical (unpaired) electrons. The van der Waals surface area contributed by atoms with Gasteiger partial charge in [0.1, 0.15) is 0 Å². The van der Waals surface area contributed by atoms with E-state index in [0.717, 1.165) is 77.4 Å². The summed E-state index contributed by atoms with van der Waals surface area (Å²) in [6.45, 7) is 0. The number of fused-ring (bicyclic) bond motifs is 28. The van der Waals surface area contributed by atoms with Gasteiger partial charge in [-0.1, -0.05) is 315 Å². The van der Waals surface area contributed by atoms with E-state index in [1.807, 2.05) is 12.4 Å². The summed E-state index contributed by atoms with van der Waals surface area (Å²) in [5, 5.41) is 14.3. The van der Waals surface area contributed by atoms with Gasteiger partial charge in [0.15, 0.2) is 0 Å². The number of aromatic nitrogens is 6. The Morgan fingerprint density at radius 1 is 0.189 bits per heavy atom. The lowest BCUT2D eigenvalue weighted by Gasteiger charge is -2.30. The molecule has 4 heterocycles. The van der Waals surface area contributed by atoms with E-state index < -0.39 is 5.41 Å². The second-order valence-corrected chi connectivity index (χ2v) is 29.4. The van der Waals surface area contributed by atoms with E-state index >= 15 is 0 Å². The van der Waals surface area contributed by atoms with E-state index in [-0.39, 0.29) is 0 Å². The number of rotatable bonds is 7. The second-order valence-electron chi connectivity index (χ2n) is 29.4. The molecule has 24 rings (SSSR count). The van der Waals surface area contributed by atoms with Gasteiger partial charge in [0.05, 0.1) is 73.3 Å². The molecule has 0 atom stereocenters. The summed E-state index contributed by atoms with van der Waals surface area (Å²) in [4.78, 5) is 20.4. The first-order valence-electron chi connectivity index (χ1n) is 38.1. The molecule has 0 bridgehead atoms. The maximum absolute atomic E-state index is 5.25. The Morgan fingerprint density at radius 2 is 0.495 bits per heavy atom. The third kappa shape index (κ3) is 9.51. The summed E-state index contributed by atoms with van der Waals surface area (Å²) in [5.74, 6) is 0. The SMILES string of the molecule is c1ccc(-c2ccc(-n3c4ccccc4c4cc(-c5ccc(-c6cnc7c8ccccc8c8ccccc8c7n6)cc5)ccc43)cc2)cc1.c1ccc2c(c1)-c1ccccc1C21c2ccccc2-c2ccc(-n3c4ccccc4c4cc(-c5ccc(-c6cnc7c8ccccc8c8ccccc8c7n6)cc5)ccc43)cc21. The van der Waals surface area contributed by atoms with E-state index in [9.17, 15) is 0 Å². The number of nitrogens with zero attached hydrogens (tertiary/aromatic N) is 6. The Balaban J connectivity index is 0.000000137. The lowest BCUT2D eigenvalue weighted by atomic mass is 9.70. The van der Waals surface area contributed by atoms with Crippen molar-refractivity contribution in [1.29, 1.82) is 0 Å². The normalized spacial score (nSPS) is 12.6. The van der Waals surface area contributed by atoms with Crippen LogP contribution in [0.2, 0.25) is 0 Å². The van der Waals surface area contributed by atoms with E-state index in [4.69, 9.17) is 19.9 Å². The van der Waals surface area contributed by atoms with Gasteiger partial charge in [-0.25, -0.2) is 9.97 Å². The summed E-state index contributed by atoms with van der Waals surface area (Å²) in [6, 6.07) is 136. The third-order valence-electron chi connectivity index (χ3n) is 23.7. The molecule has 0 saturated heterocycles. The van der Waals surface area contributed by atoms with Crippen LogP contribution >= 0.6 is 0 Å². The molecule has 0 N–H and O–H groups in total. The van der Waals surface area contributed by atoms with Crippen LogP contribution in [0.1, 0.15) is 22.3 Å². The summed E-state index contributed by atoms with van der Waals surface area (Å²) >= 11 is 0.